The summed E-state index contributed by atoms with van der Waals surface area (Å²) < 4.78 is 5.47. The molecular formula is C10H12N4O. The summed E-state index contributed by atoms with van der Waals surface area (Å²) >= 11 is 0. The molecule has 0 spiro atoms. The Morgan fingerprint density at radius 3 is 2.73 bits per heavy atom. The molecule has 2 aromatic rings. The van der Waals surface area contributed by atoms with Gasteiger partial charge < -0.3 is 10.2 Å². The third-order valence-electron chi connectivity index (χ3n) is 1.99. The number of pyridine rings is 1. The summed E-state index contributed by atoms with van der Waals surface area (Å²) in [5.41, 5.74) is 6.28. The Morgan fingerprint density at radius 2 is 2.00 bits per heavy atom. The van der Waals surface area contributed by atoms with Crippen LogP contribution < -0.4 is 5.73 Å². The molecular weight excluding hydrogens is 192 g/mol. The second-order valence-corrected chi connectivity index (χ2v) is 3.13. The topological polar surface area (TPSA) is 77.8 Å². The van der Waals surface area contributed by atoms with Crippen LogP contribution in [-0.4, -0.2) is 21.7 Å². The largest absolute Gasteiger partial charge is 0.421 e. The van der Waals surface area contributed by atoms with Gasteiger partial charge in [-0.2, -0.15) is 0 Å². The molecule has 0 bridgehead atoms. The van der Waals surface area contributed by atoms with Crippen molar-refractivity contribution in [1.82, 2.24) is 15.2 Å². The smallest absolute Gasteiger partial charge is 0.247 e. The van der Waals surface area contributed by atoms with Crippen LogP contribution in [0.2, 0.25) is 0 Å². The van der Waals surface area contributed by atoms with E-state index in [4.69, 9.17) is 10.2 Å². The van der Waals surface area contributed by atoms with E-state index in [-0.39, 0.29) is 0 Å². The zero-order valence-electron chi connectivity index (χ0n) is 8.26. The molecule has 2 rings (SSSR count). The maximum absolute atomic E-state index is 5.47. The number of nitrogens with two attached hydrogens (primary N) is 1. The lowest BCUT2D eigenvalue weighted by Gasteiger charge is -1.92. The van der Waals surface area contributed by atoms with E-state index in [0.29, 0.717) is 18.3 Å². The van der Waals surface area contributed by atoms with Crippen molar-refractivity contribution in [3.8, 4) is 11.5 Å². The Bertz CT molecular complexity index is 412. The summed E-state index contributed by atoms with van der Waals surface area (Å²) in [5, 5.41) is 7.89. The lowest BCUT2D eigenvalue weighted by molar-refractivity contribution is 0.499. The minimum Gasteiger partial charge on any atom is -0.421 e. The maximum atomic E-state index is 5.47. The van der Waals surface area contributed by atoms with E-state index in [1.54, 1.807) is 12.4 Å². The van der Waals surface area contributed by atoms with Gasteiger partial charge in [0.05, 0.1) is 0 Å². The first-order valence-corrected chi connectivity index (χ1v) is 4.83. The van der Waals surface area contributed by atoms with E-state index in [9.17, 15) is 0 Å². The normalized spacial score (nSPS) is 10.5. The number of aryl methyl sites for hydroxylation is 1. The Labute approximate surface area is 87.3 Å². The first kappa shape index (κ1) is 9.79. The lowest BCUT2D eigenvalue weighted by atomic mass is 10.3. The molecule has 2 N–H and O–H groups in total. The van der Waals surface area contributed by atoms with Crippen molar-refractivity contribution in [3.05, 3.63) is 30.4 Å². The Morgan fingerprint density at radius 1 is 1.20 bits per heavy atom. The van der Waals surface area contributed by atoms with Crippen molar-refractivity contribution >= 4 is 0 Å². The fourth-order valence-corrected chi connectivity index (χ4v) is 1.22. The molecule has 0 aliphatic heterocycles. The molecule has 0 unspecified atom stereocenters. The van der Waals surface area contributed by atoms with E-state index in [1.165, 1.54) is 0 Å². The van der Waals surface area contributed by atoms with E-state index < -0.39 is 0 Å². The molecule has 0 atom stereocenters. The van der Waals surface area contributed by atoms with Gasteiger partial charge in [0, 0.05) is 24.4 Å². The maximum Gasteiger partial charge on any atom is 0.247 e. The highest BCUT2D eigenvalue weighted by Crippen LogP contribution is 2.16. The molecule has 0 saturated heterocycles. The SMILES string of the molecule is NCCCc1nnc(-c2ccncc2)o1. The molecule has 2 aromatic heterocycles. The fourth-order valence-electron chi connectivity index (χ4n) is 1.22. The monoisotopic (exact) mass is 204 g/mol. The van der Waals surface area contributed by atoms with Gasteiger partial charge in [-0.15, -0.1) is 10.2 Å². The Kier molecular flexibility index (Phi) is 3.04. The molecule has 2 heterocycles. The van der Waals surface area contributed by atoms with Crippen LogP contribution in [-0.2, 0) is 6.42 Å². The summed E-state index contributed by atoms with van der Waals surface area (Å²) in [7, 11) is 0. The fraction of sp³-hybridized carbons (Fsp3) is 0.300. The van der Waals surface area contributed by atoms with Gasteiger partial charge >= 0.3 is 0 Å². The van der Waals surface area contributed by atoms with E-state index in [1.807, 2.05) is 12.1 Å². The Balaban J connectivity index is 2.14. The molecule has 0 radical (unpaired) electrons. The average molecular weight is 204 g/mol. The minimum absolute atomic E-state index is 0.532. The van der Waals surface area contributed by atoms with Crippen LogP contribution in [0.4, 0.5) is 0 Å². The van der Waals surface area contributed by atoms with Crippen molar-refractivity contribution in [1.29, 1.82) is 0 Å². The summed E-state index contributed by atoms with van der Waals surface area (Å²) in [5.74, 6) is 1.16. The highest BCUT2D eigenvalue weighted by Gasteiger charge is 2.06. The first-order chi connectivity index (χ1) is 7.40. The molecule has 5 heteroatoms. The van der Waals surface area contributed by atoms with Crippen LogP contribution in [0.1, 0.15) is 12.3 Å². The van der Waals surface area contributed by atoms with Crippen LogP contribution in [0.15, 0.2) is 28.9 Å². The highest BCUT2D eigenvalue weighted by atomic mass is 16.4. The second kappa shape index (κ2) is 4.65. The van der Waals surface area contributed by atoms with Gasteiger partial charge in [-0.25, -0.2) is 0 Å². The highest BCUT2D eigenvalue weighted by molar-refractivity contribution is 5.50. The van der Waals surface area contributed by atoms with Gasteiger partial charge in [0.2, 0.25) is 11.8 Å². The zero-order chi connectivity index (χ0) is 10.5. The standard InChI is InChI=1S/C10H12N4O/c11-5-1-2-9-13-14-10(15-9)8-3-6-12-7-4-8/h3-4,6-7H,1-2,5,11H2. The van der Waals surface area contributed by atoms with E-state index in [0.717, 1.165) is 18.4 Å². The number of aromatic nitrogens is 3. The van der Waals surface area contributed by atoms with Gasteiger partial charge in [-0.1, -0.05) is 0 Å². The van der Waals surface area contributed by atoms with Gasteiger partial charge in [0.1, 0.15) is 0 Å². The van der Waals surface area contributed by atoms with Crippen molar-refractivity contribution in [2.75, 3.05) is 6.54 Å². The van der Waals surface area contributed by atoms with Crippen LogP contribution in [0.5, 0.6) is 0 Å². The molecule has 0 aliphatic carbocycles. The quantitative estimate of drug-likeness (QED) is 0.804. The Hall–Kier alpha value is -1.75. The van der Waals surface area contributed by atoms with E-state index in [2.05, 4.69) is 15.2 Å². The summed E-state index contributed by atoms with van der Waals surface area (Å²) in [6, 6.07) is 3.67. The molecule has 0 aromatic carbocycles. The van der Waals surface area contributed by atoms with Crippen molar-refractivity contribution < 1.29 is 4.42 Å². The van der Waals surface area contributed by atoms with Gasteiger partial charge in [0.25, 0.3) is 0 Å². The van der Waals surface area contributed by atoms with Crippen molar-refractivity contribution in [2.45, 2.75) is 12.8 Å². The molecule has 0 amide bonds. The average Bonchev–Trinajstić information content (AvgIpc) is 2.76. The van der Waals surface area contributed by atoms with Gasteiger partial charge in [-0.3, -0.25) is 4.98 Å². The van der Waals surface area contributed by atoms with Gasteiger partial charge in [-0.05, 0) is 25.1 Å². The number of nitrogens with zero attached hydrogens (tertiary/aromatic N) is 3. The second-order valence-electron chi connectivity index (χ2n) is 3.13. The molecule has 0 aliphatic rings. The predicted molar refractivity (Wildman–Crippen MR) is 54.9 cm³/mol. The number of hydrogen-bond donors (Lipinski definition) is 1. The number of hydrogen-bond acceptors (Lipinski definition) is 5. The number of rotatable bonds is 4. The van der Waals surface area contributed by atoms with E-state index >= 15 is 0 Å². The van der Waals surface area contributed by atoms with Crippen LogP contribution in [0.25, 0.3) is 11.5 Å². The summed E-state index contributed by atoms with van der Waals surface area (Å²) in [6.45, 7) is 0.632. The first-order valence-electron chi connectivity index (χ1n) is 4.83. The van der Waals surface area contributed by atoms with Crippen molar-refractivity contribution in [3.63, 3.8) is 0 Å². The predicted octanol–water partition coefficient (Wildman–Crippen LogP) is 1.02. The molecule has 0 saturated carbocycles. The van der Waals surface area contributed by atoms with Crippen LogP contribution in [0.3, 0.4) is 0 Å². The molecule has 0 fully saturated rings. The zero-order valence-corrected chi connectivity index (χ0v) is 8.26. The van der Waals surface area contributed by atoms with Crippen LogP contribution in [0, 0.1) is 0 Å². The molecule has 78 valence electrons. The summed E-state index contributed by atoms with van der Waals surface area (Å²) in [6.07, 6.45) is 4.98. The third kappa shape index (κ3) is 2.38. The third-order valence-corrected chi connectivity index (χ3v) is 1.99. The summed E-state index contributed by atoms with van der Waals surface area (Å²) in [4.78, 5) is 3.92. The van der Waals surface area contributed by atoms with Crippen LogP contribution >= 0.6 is 0 Å². The molecule has 5 nitrogen and oxygen atoms in total. The van der Waals surface area contributed by atoms with Crippen molar-refractivity contribution in [2.24, 2.45) is 5.73 Å². The molecule has 15 heavy (non-hydrogen) atoms. The minimum atomic E-state index is 0.532. The van der Waals surface area contributed by atoms with Gasteiger partial charge in [0.15, 0.2) is 0 Å². The lowest BCUT2D eigenvalue weighted by Crippen LogP contribution is -2.00.